The molecule has 21 heavy (non-hydrogen) atoms. The van der Waals surface area contributed by atoms with Crippen LogP contribution in [-0.4, -0.2) is 30.3 Å². The van der Waals surface area contributed by atoms with E-state index in [1.807, 2.05) is 0 Å². The number of aliphatic hydroxyl groups is 1. The van der Waals surface area contributed by atoms with Gasteiger partial charge in [-0.25, -0.2) is 0 Å². The molecule has 1 fully saturated rings. The van der Waals surface area contributed by atoms with Crippen molar-refractivity contribution in [3.63, 3.8) is 0 Å². The summed E-state index contributed by atoms with van der Waals surface area (Å²) in [6.45, 7) is 2.41. The van der Waals surface area contributed by atoms with Gasteiger partial charge in [0.1, 0.15) is 6.10 Å². The molecule has 1 amide bonds. The molecule has 1 aromatic carbocycles. The maximum Gasteiger partial charge on any atom is 0.248 e. The Morgan fingerprint density at radius 3 is 2.81 bits per heavy atom. The lowest BCUT2D eigenvalue weighted by atomic mass is 10.1. The van der Waals surface area contributed by atoms with Crippen molar-refractivity contribution in [3.05, 3.63) is 33.8 Å². The minimum absolute atomic E-state index is 0.0807. The second kappa shape index (κ2) is 7.45. The van der Waals surface area contributed by atoms with Crippen molar-refractivity contribution in [2.75, 3.05) is 13.2 Å². The summed E-state index contributed by atoms with van der Waals surface area (Å²) in [5.74, 6) is 0.374. The molecule has 116 valence electrons. The molecule has 2 atom stereocenters. The molecule has 1 aliphatic carbocycles. The summed E-state index contributed by atoms with van der Waals surface area (Å²) in [7, 11) is 0. The van der Waals surface area contributed by atoms with E-state index < -0.39 is 12.2 Å². The Labute approximate surface area is 134 Å². The quantitative estimate of drug-likeness (QED) is 0.807. The number of ether oxygens (including phenoxy) is 1. The summed E-state index contributed by atoms with van der Waals surface area (Å²) in [4.78, 5) is 11.8. The molecule has 0 bridgehead atoms. The van der Waals surface area contributed by atoms with Crippen LogP contribution < -0.4 is 5.32 Å². The van der Waals surface area contributed by atoms with Gasteiger partial charge in [0.15, 0.2) is 0 Å². The molecule has 0 aliphatic heterocycles. The van der Waals surface area contributed by atoms with Gasteiger partial charge < -0.3 is 15.2 Å². The predicted octanol–water partition coefficient (Wildman–Crippen LogP) is 2.96. The van der Waals surface area contributed by atoms with Crippen LogP contribution in [0.15, 0.2) is 18.2 Å². The molecule has 1 aromatic rings. The Morgan fingerprint density at radius 1 is 1.48 bits per heavy atom. The molecular weight excluding hydrogens is 313 g/mol. The van der Waals surface area contributed by atoms with Crippen molar-refractivity contribution in [1.82, 2.24) is 5.32 Å². The highest BCUT2D eigenvalue weighted by atomic mass is 35.5. The summed E-state index contributed by atoms with van der Waals surface area (Å²) in [6.07, 6.45) is 0.970. The van der Waals surface area contributed by atoms with Crippen molar-refractivity contribution < 1.29 is 14.6 Å². The topological polar surface area (TPSA) is 58.6 Å². The highest BCUT2D eigenvalue weighted by Gasteiger charge is 2.24. The van der Waals surface area contributed by atoms with Crippen molar-refractivity contribution >= 4 is 29.1 Å². The second-order valence-electron chi connectivity index (χ2n) is 5.35. The van der Waals surface area contributed by atoms with E-state index in [-0.39, 0.29) is 12.5 Å². The lowest BCUT2D eigenvalue weighted by Crippen LogP contribution is -2.37. The predicted molar refractivity (Wildman–Crippen MR) is 82.6 cm³/mol. The third kappa shape index (κ3) is 5.15. The van der Waals surface area contributed by atoms with Crippen molar-refractivity contribution in [3.8, 4) is 0 Å². The summed E-state index contributed by atoms with van der Waals surface area (Å²) in [6, 6.07) is 4.86. The van der Waals surface area contributed by atoms with Gasteiger partial charge in [-0.05, 0) is 37.8 Å². The van der Waals surface area contributed by atoms with Crippen molar-refractivity contribution in [2.24, 2.45) is 5.92 Å². The van der Waals surface area contributed by atoms with E-state index in [0.717, 1.165) is 0 Å². The third-order valence-electron chi connectivity index (χ3n) is 3.44. The van der Waals surface area contributed by atoms with Gasteiger partial charge >= 0.3 is 0 Å². The van der Waals surface area contributed by atoms with Crippen LogP contribution in [0.5, 0.6) is 0 Å². The van der Waals surface area contributed by atoms with E-state index in [4.69, 9.17) is 27.9 Å². The number of carbonyl (C=O) groups excluding carboxylic acids is 1. The molecule has 0 saturated heterocycles. The zero-order valence-electron chi connectivity index (χ0n) is 11.8. The number of nitrogens with one attached hydrogen (secondary N) is 1. The highest BCUT2D eigenvalue weighted by molar-refractivity contribution is 6.35. The van der Waals surface area contributed by atoms with Crippen LogP contribution in [0.25, 0.3) is 0 Å². The van der Waals surface area contributed by atoms with Crippen molar-refractivity contribution in [1.29, 1.82) is 0 Å². The average Bonchev–Trinajstić information content (AvgIpc) is 3.25. The molecule has 1 aliphatic rings. The summed E-state index contributed by atoms with van der Waals surface area (Å²) in [5, 5.41) is 13.6. The van der Waals surface area contributed by atoms with Crippen LogP contribution in [0.3, 0.4) is 0 Å². The minimum Gasteiger partial charge on any atom is -0.387 e. The first kappa shape index (κ1) is 16.6. The van der Waals surface area contributed by atoms with E-state index >= 15 is 0 Å². The zero-order chi connectivity index (χ0) is 15.4. The van der Waals surface area contributed by atoms with Gasteiger partial charge in [-0.3, -0.25) is 4.79 Å². The van der Waals surface area contributed by atoms with Crippen molar-refractivity contribution in [2.45, 2.75) is 32.0 Å². The van der Waals surface area contributed by atoms with E-state index in [0.29, 0.717) is 28.1 Å². The Kier molecular flexibility index (Phi) is 5.88. The van der Waals surface area contributed by atoms with Gasteiger partial charge in [-0.2, -0.15) is 0 Å². The minimum atomic E-state index is -0.880. The molecule has 1 saturated carbocycles. The van der Waals surface area contributed by atoms with Gasteiger partial charge in [-0.15, -0.1) is 0 Å². The number of halogens is 2. The lowest BCUT2D eigenvalue weighted by Gasteiger charge is -2.17. The van der Waals surface area contributed by atoms with Gasteiger partial charge in [0.25, 0.3) is 0 Å². The standard InChI is InChI=1S/C15H19Cl2NO3/c1-9(21-8-10-2-3-10)15(20)18-7-14(19)12-5-4-11(16)6-13(12)17/h4-6,9-10,14,19H,2-3,7-8H2,1H3,(H,18,20)/t9-,14+/m0/s1. The normalized spacial score (nSPS) is 17.3. The fraction of sp³-hybridized carbons (Fsp3) is 0.533. The number of benzene rings is 1. The maximum absolute atomic E-state index is 11.8. The van der Waals surface area contributed by atoms with Crippen LogP contribution in [0.2, 0.25) is 10.0 Å². The zero-order valence-corrected chi connectivity index (χ0v) is 13.3. The number of hydrogen-bond donors (Lipinski definition) is 2. The molecule has 0 unspecified atom stereocenters. The number of aliphatic hydroxyl groups excluding tert-OH is 1. The lowest BCUT2D eigenvalue weighted by molar-refractivity contribution is -0.132. The first-order valence-electron chi connectivity index (χ1n) is 6.99. The van der Waals surface area contributed by atoms with Crippen LogP contribution in [-0.2, 0) is 9.53 Å². The molecule has 2 N–H and O–H groups in total. The number of carbonyl (C=O) groups is 1. The smallest absolute Gasteiger partial charge is 0.248 e. The SMILES string of the molecule is C[C@H](OCC1CC1)C(=O)NC[C@@H](O)c1ccc(Cl)cc1Cl. The molecule has 6 heteroatoms. The van der Waals surface area contributed by atoms with Gasteiger partial charge in [0, 0.05) is 22.2 Å². The van der Waals surface area contributed by atoms with E-state index in [1.165, 1.54) is 12.8 Å². The van der Waals surface area contributed by atoms with Crippen LogP contribution >= 0.6 is 23.2 Å². The first-order chi connectivity index (χ1) is 9.97. The Bertz CT molecular complexity index is 506. The number of rotatable bonds is 7. The molecule has 4 nitrogen and oxygen atoms in total. The summed E-state index contributed by atoms with van der Waals surface area (Å²) >= 11 is 11.8. The van der Waals surface area contributed by atoms with Crippen LogP contribution in [0.1, 0.15) is 31.4 Å². The van der Waals surface area contributed by atoms with Crippen LogP contribution in [0.4, 0.5) is 0 Å². The molecule has 2 rings (SSSR count). The Hall–Kier alpha value is -0.810. The van der Waals surface area contributed by atoms with E-state index in [9.17, 15) is 9.90 Å². The first-order valence-corrected chi connectivity index (χ1v) is 7.75. The van der Waals surface area contributed by atoms with Crippen LogP contribution in [0, 0.1) is 5.92 Å². The number of amides is 1. The monoisotopic (exact) mass is 331 g/mol. The van der Waals surface area contributed by atoms with E-state index in [1.54, 1.807) is 25.1 Å². The maximum atomic E-state index is 11.8. The molecule has 0 aromatic heterocycles. The summed E-state index contributed by atoms with van der Waals surface area (Å²) < 4.78 is 5.47. The molecule has 0 spiro atoms. The fourth-order valence-electron chi connectivity index (χ4n) is 1.86. The highest BCUT2D eigenvalue weighted by Crippen LogP contribution is 2.29. The van der Waals surface area contributed by atoms with E-state index in [2.05, 4.69) is 5.32 Å². The largest absolute Gasteiger partial charge is 0.387 e. The summed E-state index contributed by atoms with van der Waals surface area (Å²) in [5.41, 5.74) is 0.535. The Balaban J connectivity index is 1.79. The van der Waals surface area contributed by atoms with Gasteiger partial charge in [0.05, 0.1) is 12.7 Å². The Morgan fingerprint density at radius 2 is 2.19 bits per heavy atom. The molecule has 0 heterocycles. The third-order valence-corrected chi connectivity index (χ3v) is 4.00. The van der Waals surface area contributed by atoms with Gasteiger partial charge in [-0.1, -0.05) is 29.3 Å². The molecule has 0 radical (unpaired) electrons. The number of hydrogen-bond acceptors (Lipinski definition) is 3. The average molecular weight is 332 g/mol. The fourth-order valence-corrected chi connectivity index (χ4v) is 2.40. The van der Waals surface area contributed by atoms with Gasteiger partial charge in [0.2, 0.25) is 5.91 Å². The second-order valence-corrected chi connectivity index (χ2v) is 6.19. The molecular formula is C15H19Cl2NO3.